The van der Waals surface area contributed by atoms with Gasteiger partial charge in [-0.2, -0.15) is 4.98 Å². The molecule has 0 bridgehead atoms. The van der Waals surface area contributed by atoms with Gasteiger partial charge in [0.2, 0.25) is 10.7 Å². The molecule has 1 aromatic heterocycles. The average Bonchev–Trinajstić information content (AvgIpc) is 1.99. The lowest BCUT2D eigenvalue weighted by Crippen LogP contribution is -2.38. The van der Waals surface area contributed by atoms with Gasteiger partial charge in [0.25, 0.3) is 0 Å². The average molecular weight is 244 g/mol. The number of aromatic nitrogens is 3. The summed E-state index contributed by atoms with van der Waals surface area (Å²) in [4.78, 5) is 12.2. The highest BCUT2D eigenvalue weighted by molar-refractivity contribution is 7.71. The maximum atomic E-state index is 5.03. The summed E-state index contributed by atoms with van der Waals surface area (Å²) in [6.07, 6.45) is 0. The van der Waals surface area contributed by atoms with Gasteiger partial charge in [-0.05, 0) is 52.1 Å². The van der Waals surface area contributed by atoms with E-state index >= 15 is 0 Å². The molecule has 0 fully saturated rings. The van der Waals surface area contributed by atoms with Crippen LogP contribution in [0.5, 0.6) is 0 Å². The van der Waals surface area contributed by atoms with Gasteiger partial charge >= 0.3 is 0 Å². The quantitative estimate of drug-likeness (QED) is 0.803. The Morgan fingerprint density at radius 1 is 1.07 bits per heavy atom. The van der Waals surface area contributed by atoms with Crippen LogP contribution >= 0.6 is 24.4 Å². The first kappa shape index (κ1) is 12.3. The third kappa shape index (κ3) is 3.10. The first-order valence-corrected chi connectivity index (χ1v) is 5.72. The van der Waals surface area contributed by atoms with Gasteiger partial charge in [0, 0.05) is 12.1 Å². The van der Waals surface area contributed by atoms with Crippen molar-refractivity contribution in [3.05, 3.63) is 9.54 Å². The summed E-state index contributed by atoms with van der Waals surface area (Å²) >= 11 is 10.0. The zero-order chi connectivity index (χ0) is 11.6. The molecule has 1 heterocycles. The Morgan fingerprint density at radius 2 is 1.60 bits per heavy atom. The number of aromatic amines is 2. The zero-order valence-corrected chi connectivity index (χ0v) is 11.0. The Kier molecular flexibility index (Phi) is 3.98. The molecule has 0 atom stereocenters. The van der Waals surface area contributed by atoms with E-state index in [1.54, 1.807) is 0 Å². The normalized spacial score (nSPS) is 11.1. The molecule has 0 saturated heterocycles. The van der Waals surface area contributed by atoms with Crippen molar-refractivity contribution >= 4 is 30.4 Å². The van der Waals surface area contributed by atoms with Gasteiger partial charge < -0.3 is 14.9 Å². The smallest absolute Gasteiger partial charge is 0.208 e. The fraction of sp³-hybridized carbons (Fsp3) is 0.667. The molecule has 0 unspecified atom stereocenters. The van der Waals surface area contributed by atoms with Crippen molar-refractivity contribution in [1.82, 2.24) is 15.0 Å². The molecule has 0 aromatic carbocycles. The van der Waals surface area contributed by atoms with Crippen LogP contribution in [-0.2, 0) is 0 Å². The summed E-state index contributed by atoms with van der Waals surface area (Å²) in [5.74, 6) is 0.730. The van der Waals surface area contributed by atoms with Crippen LogP contribution in [-0.4, -0.2) is 27.0 Å². The molecule has 0 spiro atoms. The number of H-pyrrole nitrogens is 2. The molecule has 2 N–H and O–H groups in total. The zero-order valence-electron chi connectivity index (χ0n) is 9.37. The molecule has 15 heavy (non-hydrogen) atoms. The van der Waals surface area contributed by atoms with Gasteiger partial charge in [-0.15, -0.1) is 0 Å². The first-order valence-electron chi connectivity index (χ1n) is 4.90. The fourth-order valence-electron chi connectivity index (χ4n) is 1.59. The minimum atomic E-state index is 0.347. The Bertz CT molecular complexity index is 396. The fourth-order valence-corrected chi connectivity index (χ4v) is 2.03. The summed E-state index contributed by atoms with van der Waals surface area (Å²) in [7, 11) is 0. The van der Waals surface area contributed by atoms with E-state index in [0.717, 1.165) is 5.95 Å². The van der Waals surface area contributed by atoms with E-state index in [1.165, 1.54) is 0 Å². The molecule has 1 aromatic rings. The van der Waals surface area contributed by atoms with Crippen molar-refractivity contribution in [1.29, 1.82) is 0 Å². The molecular formula is C9H16N4S2. The lowest BCUT2D eigenvalue weighted by Gasteiger charge is -2.30. The molecule has 4 nitrogen and oxygen atoms in total. The van der Waals surface area contributed by atoms with Crippen LogP contribution in [0.4, 0.5) is 5.95 Å². The van der Waals surface area contributed by atoms with Crippen LogP contribution in [0.3, 0.4) is 0 Å². The minimum absolute atomic E-state index is 0.347. The Labute approximate surface area is 99.8 Å². The van der Waals surface area contributed by atoms with Crippen LogP contribution in [0.1, 0.15) is 27.7 Å². The van der Waals surface area contributed by atoms with Gasteiger partial charge in [0.05, 0.1) is 0 Å². The summed E-state index contributed by atoms with van der Waals surface area (Å²) in [5.41, 5.74) is 0. The number of hydrogen-bond acceptors (Lipinski definition) is 4. The van der Waals surface area contributed by atoms with Crippen molar-refractivity contribution in [2.45, 2.75) is 39.8 Å². The van der Waals surface area contributed by atoms with Crippen LogP contribution < -0.4 is 4.90 Å². The van der Waals surface area contributed by atoms with Crippen molar-refractivity contribution in [3.63, 3.8) is 0 Å². The lowest BCUT2D eigenvalue weighted by atomic mass is 10.2. The maximum Gasteiger partial charge on any atom is 0.208 e. The van der Waals surface area contributed by atoms with Crippen LogP contribution in [0.25, 0.3) is 0 Å². The second-order valence-electron chi connectivity index (χ2n) is 3.91. The minimum Gasteiger partial charge on any atom is -0.337 e. The van der Waals surface area contributed by atoms with E-state index < -0.39 is 0 Å². The molecule has 0 aliphatic rings. The number of nitrogens with zero attached hydrogens (tertiary/aromatic N) is 2. The van der Waals surface area contributed by atoms with E-state index in [1.807, 2.05) is 0 Å². The topological polar surface area (TPSA) is 47.7 Å². The highest BCUT2D eigenvalue weighted by Crippen LogP contribution is 2.13. The Hall–Kier alpha value is -0.750. The second-order valence-corrected chi connectivity index (χ2v) is 4.71. The summed E-state index contributed by atoms with van der Waals surface area (Å²) < 4.78 is 0.927. The lowest BCUT2D eigenvalue weighted by molar-refractivity contribution is 0.588. The molecule has 0 radical (unpaired) electrons. The molecule has 0 amide bonds. The van der Waals surface area contributed by atoms with Gasteiger partial charge in [0.15, 0.2) is 4.77 Å². The van der Waals surface area contributed by atoms with Crippen molar-refractivity contribution in [3.8, 4) is 0 Å². The number of rotatable bonds is 3. The molecule has 0 saturated carbocycles. The molecular weight excluding hydrogens is 228 g/mol. The molecule has 0 aliphatic carbocycles. The predicted octanol–water partition coefficient (Wildman–Crippen LogP) is 2.82. The van der Waals surface area contributed by atoms with E-state index in [-0.39, 0.29) is 0 Å². The van der Waals surface area contributed by atoms with E-state index in [0.29, 0.717) is 21.6 Å². The van der Waals surface area contributed by atoms with Gasteiger partial charge in [-0.1, -0.05) is 0 Å². The summed E-state index contributed by atoms with van der Waals surface area (Å²) in [6.45, 7) is 8.44. The van der Waals surface area contributed by atoms with Crippen LogP contribution in [0.15, 0.2) is 0 Å². The molecule has 6 heteroatoms. The number of nitrogens with one attached hydrogen (secondary N) is 2. The van der Waals surface area contributed by atoms with Crippen LogP contribution in [0.2, 0.25) is 0 Å². The SMILES string of the molecule is CC(C)N(c1nc(=S)[nH]c(=S)[nH]1)C(C)C. The summed E-state index contributed by atoms with van der Waals surface area (Å²) in [6, 6.07) is 0.694. The van der Waals surface area contributed by atoms with E-state index in [9.17, 15) is 0 Å². The molecule has 0 aliphatic heterocycles. The maximum absolute atomic E-state index is 5.03. The first-order chi connectivity index (χ1) is 6.91. The molecule has 84 valence electrons. The highest BCUT2D eigenvalue weighted by atomic mass is 32.1. The Morgan fingerprint density at radius 3 is 2.00 bits per heavy atom. The largest absolute Gasteiger partial charge is 0.337 e. The van der Waals surface area contributed by atoms with Crippen molar-refractivity contribution in [2.24, 2.45) is 0 Å². The third-order valence-corrected chi connectivity index (χ3v) is 2.41. The van der Waals surface area contributed by atoms with E-state index in [4.69, 9.17) is 24.4 Å². The molecule has 1 rings (SSSR count). The predicted molar refractivity (Wildman–Crippen MR) is 67.4 cm³/mol. The Balaban J connectivity index is 3.23. The van der Waals surface area contributed by atoms with Crippen LogP contribution in [0, 0.1) is 9.54 Å². The van der Waals surface area contributed by atoms with Gasteiger partial charge in [-0.25, -0.2) is 0 Å². The highest BCUT2D eigenvalue weighted by Gasteiger charge is 2.15. The monoisotopic (exact) mass is 244 g/mol. The second kappa shape index (κ2) is 4.85. The third-order valence-electron chi connectivity index (χ3n) is 2.01. The van der Waals surface area contributed by atoms with Crippen molar-refractivity contribution < 1.29 is 0 Å². The van der Waals surface area contributed by atoms with E-state index in [2.05, 4.69) is 47.5 Å². The standard InChI is InChI=1S/C9H16N4S2/c1-5(2)13(6(3)4)7-10-8(14)12-9(15)11-7/h5-6H,1-4H3,(H2,10,11,12,14,15). The van der Waals surface area contributed by atoms with Gasteiger partial charge in [0.1, 0.15) is 0 Å². The van der Waals surface area contributed by atoms with Gasteiger partial charge in [-0.3, -0.25) is 0 Å². The number of hydrogen-bond donors (Lipinski definition) is 2. The summed E-state index contributed by atoms with van der Waals surface area (Å²) in [5, 5.41) is 0. The number of anilines is 1. The van der Waals surface area contributed by atoms with Crippen molar-refractivity contribution in [2.75, 3.05) is 4.90 Å².